The fraction of sp³-hybridized carbons (Fsp3) is 0.474. The molecule has 7 nitrogen and oxygen atoms in total. The van der Waals surface area contributed by atoms with Crippen LogP contribution in [-0.2, 0) is 11.8 Å². The number of thioether (sulfide) groups is 1. The van der Waals surface area contributed by atoms with Gasteiger partial charge in [0.15, 0.2) is 5.16 Å². The van der Waals surface area contributed by atoms with Crippen LogP contribution in [0.3, 0.4) is 0 Å². The van der Waals surface area contributed by atoms with Crippen LogP contribution in [0.2, 0.25) is 0 Å². The molecule has 0 radical (unpaired) electrons. The topological polar surface area (TPSA) is 81.3 Å². The van der Waals surface area contributed by atoms with Crippen LogP contribution in [0.25, 0.3) is 16.7 Å². The van der Waals surface area contributed by atoms with Crippen LogP contribution in [-0.4, -0.2) is 37.4 Å². The standard InChI is InChI=1S/C19H23N5O2S/c1-23-17(26)14-9-5-6-10-15(14)24-18(23)21-22-19(24)27-12-16(25)20-11-13-7-3-2-4-8-13/h5-6,9-10,13H,2-4,7-8,11-12H2,1H3,(H,20,25). The summed E-state index contributed by atoms with van der Waals surface area (Å²) in [6.07, 6.45) is 6.28. The number of rotatable bonds is 5. The first-order valence-electron chi connectivity index (χ1n) is 9.37. The summed E-state index contributed by atoms with van der Waals surface area (Å²) < 4.78 is 3.33. The van der Waals surface area contributed by atoms with Crippen molar-refractivity contribution in [3.8, 4) is 0 Å². The van der Waals surface area contributed by atoms with Gasteiger partial charge in [-0.3, -0.25) is 18.6 Å². The number of carbonyl (C=O) groups excluding carboxylic acids is 1. The predicted octanol–water partition coefficient (Wildman–Crippen LogP) is 2.37. The van der Waals surface area contributed by atoms with Crippen molar-refractivity contribution in [2.24, 2.45) is 13.0 Å². The highest BCUT2D eigenvalue weighted by Gasteiger charge is 2.17. The summed E-state index contributed by atoms with van der Waals surface area (Å²) in [6.45, 7) is 0.761. The molecule has 1 aliphatic carbocycles. The van der Waals surface area contributed by atoms with Gasteiger partial charge >= 0.3 is 0 Å². The Hall–Kier alpha value is -2.35. The number of benzene rings is 1. The number of nitrogens with zero attached hydrogens (tertiary/aromatic N) is 4. The number of aryl methyl sites for hydroxylation is 1. The molecule has 0 bridgehead atoms. The summed E-state index contributed by atoms with van der Waals surface area (Å²) in [5.74, 6) is 1.38. The van der Waals surface area contributed by atoms with Gasteiger partial charge in [0.25, 0.3) is 5.56 Å². The number of aromatic nitrogens is 4. The van der Waals surface area contributed by atoms with Gasteiger partial charge in [-0.1, -0.05) is 43.2 Å². The van der Waals surface area contributed by atoms with E-state index in [0.29, 0.717) is 22.2 Å². The van der Waals surface area contributed by atoms with Crippen molar-refractivity contribution in [2.75, 3.05) is 12.3 Å². The minimum Gasteiger partial charge on any atom is -0.355 e. The molecule has 27 heavy (non-hydrogen) atoms. The molecule has 1 saturated carbocycles. The number of nitrogens with one attached hydrogen (secondary N) is 1. The lowest BCUT2D eigenvalue weighted by atomic mass is 9.89. The normalized spacial score (nSPS) is 15.4. The third-order valence-electron chi connectivity index (χ3n) is 5.24. The summed E-state index contributed by atoms with van der Waals surface area (Å²) >= 11 is 1.34. The molecule has 1 N–H and O–H groups in total. The minimum absolute atomic E-state index is 0.0106. The Morgan fingerprint density at radius 3 is 2.81 bits per heavy atom. The van der Waals surface area contributed by atoms with E-state index in [0.717, 1.165) is 12.1 Å². The van der Waals surface area contributed by atoms with Crippen molar-refractivity contribution in [3.63, 3.8) is 0 Å². The molecule has 2 heterocycles. The second kappa shape index (κ2) is 7.72. The van der Waals surface area contributed by atoms with Crippen LogP contribution in [0.1, 0.15) is 32.1 Å². The molecule has 1 fully saturated rings. The number of hydrogen-bond acceptors (Lipinski definition) is 5. The Morgan fingerprint density at radius 2 is 2.00 bits per heavy atom. The van der Waals surface area contributed by atoms with Gasteiger partial charge in [-0.05, 0) is 30.9 Å². The van der Waals surface area contributed by atoms with Gasteiger partial charge in [0.05, 0.1) is 16.7 Å². The lowest BCUT2D eigenvalue weighted by Gasteiger charge is -2.21. The lowest BCUT2D eigenvalue weighted by molar-refractivity contribution is -0.118. The zero-order valence-electron chi connectivity index (χ0n) is 15.4. The monoisotopic (exact) mass is 385 g/mol. The maximum atomic E-state index is 12.5. The molecule has 0 aliphatic heterocycles. The Kier molecular flexibility index (Phi) is 5.15. The van der Waals surface area contributed by atoms with Crippen molar-refractivity contribution < 1.29 is 4.79 Å². The average Bonchev–Trinajstić information content (AvgIpc) is 3.14. The van der Waals surface area contributed by atoms with E-state index >= 15 is 0 Å². The molecule has 1 aliphatic rings. The number of amides is 1. The molecule has 8 heteroatoms. The quantitative estimate of drug-likeness (QED) is 0.682. The molecule has 0 spiro atoms. The van der Waals surface area contributed by atoms with E-state index in [-0.39, 0.29) is 17.2 Å². The van der Waals surface area contributed by atoms with Crippen molar-refractivity contribution in [3.05, 3.63) is 34.6 Å². The Labute approximate surface area is 161 Å². The summed E-state index contributed by atoms with van der Waals surface area (Å²) in [7, 11) is 1.68. The summed E-state index contributed by atoms with van der Waals surface area (Å²) in [5, 5.41) is 12.6. The minimum atomic E-state index is -0.104. The lowest BCUT2D eigenvalue weighted by Crippen LogP contribution is -2.31. The van der Waals surface area contributed by atoms with Gasteiger partial charge in [-0.25, -0.2) is 0 Å². The number of hydrogen-bond donors (Lipinski definition) is 1. The maximum Gasteiger partial charge on any atom is 0.262 e. The maximum absolute atomic E-state index is 12.5. The highest BCUT2D eigenvalue weighted by molar-refractivity contribution is 7.99. The van der Waals surface area contributed by atoms with Crippen LogP contribution < -0.4 is 10.9 Å². The Balaban J connectivity index is 1.51. The van der Waals surface area contributed by atoms with E-state index in [4.69, 9.17) is 0 Å². The van der Waals surface area contributed by atoms with Crippen molar-refractivity contribution in [2.45, 2.75) is 37.3 Å². The van der Waals surface area contributed by atoms with Crippen LogP contribution in [0.5, 0.6) is 0 Å². The third-order valence-corrected chi connectivity index (χ3v) is 6.17. The predicted molar refractivity (Wildman–Crippen MR) is 106 cm³/mol. The number of para-hydroxylation sites is 1. The van der Waals surface area contributed by atoms with Crippen LogP contribution >= 0.6 is 11.8 Å². The van der Waals surface area contributed by atoms with Crippen molar-refractivity contribution in [1.29, 1.82) is 0 Å². The number of fused-ring (bicyclic) bond motifs is 3. The second-order valence-corrected chi connectivity index (χ2v) is 8.04. The fourth-order valence-electron chi connectivity index (χ4n) is 3.74. The average molecular weight is 385 g/mol. The van der Waals surface area contributed by atoms with E-state index in [9.17, 15) is 9.59 Å². The molecule has 2 aromatic heterocycles. The van der Waals surface area contributed by atoms with Gasteiger partial charge in [-0.2, -0.15) is 0 Å². The van der Waals surface area contributed by atoms with Crippen molar-refractivity contribution in [1.82, 2.24) is 24.5 Å². The summed E-state index contributed by atoms with van der Waals surface area (Å²) in [5.41, 5.74) is 0.651. The molecule has 0 unspecified atom stereocenters. The Bertz CT molecular complexity index is 1040. The van der Waals surface area contributed by atoms with Gasteiger partial charge in [-0.15, -0.1) is 10.2 Å². The van der Waals surface area contributed by atoms with Gasteiger partial charge in [0, 0.05) is 13.6 Å². The van der Waals surface area contributed by atoms with Gasteiger partial charge in [0.1, 0.15) is 0 Å². The molecular formula is C19H23N5O2S. The molecule has 1 aromatic carbocycles. The van der Waals surface area contributed by atoms with Crippen LogP contribution in [0.15, 0.2) is 34.2 Å². The summed E-state index contributed by atoms with van der Waals surface area (Å²) in [4.78, 5) is 24.7. The van der Waals surface area contributed by atoms with Crippen LogP contribution in [0.4, 0.5) is 0 Å². The fourth-order valence-corrected chi connectivity index (χ4v) is 4.51. The summed E-state index contributed by atoms with van der Waals surface area (Å²) in [6, 6.07) is 7.39. The molecule has 4 rings (SSSR count). The molecular weight excluding hydrogens is 362 g/mol. The van der Waals surface area contributed by atoms with Crippen molar-refractivity contribution >= 4 is 34.3 Å². The molecule has 142 valence electrons. The van der Waals surface area contributed by atoms with E-state index in [1.54, 1.807) is 13.1 Å². The largest absolute Gasteiger partial charge is 0.355 e. The SMILES string of the molecule is Cn1c(=O)c2ccccc2n2c(SCC(=O)NCC3CCCCC3)nnc12. The van der Waals surface area contributed by atoms with E-state index in [1.165, 1.54) is 48.4 Å². The first-order chi connectivity index (χ1) is 13.1. The van der Waals surface area contributed by atoms with Gasteiger partial charge in [0.2, 0.25) is 11.7 Å². The molecule has 3 aromatic rings. The molecule has 1 amide bonds. The number of carbonyl (C=O) groups is 1. The van der Waals surface area contributed by atoms with Crippen LogP contribution in [0, 0.1) is 5.92 Å². The van der Waals surface area contributed by atoms with E-state index in [2.05, 4.69) is 15.5 Å². The zero-order valence-corrected chi connectivity index (χ0v) is 16.2. The zero-order chi connectivity index (χ0) is 18.8. The molecule has 0 atom stereocenters. The van der Waals surface area contributed by atoms with E-state index < -0.39 is 0 Å². The smallest absolute Gasteiger partial charge is 0.262 e. The second-order valence-electron chi connectivity index (χ2n) is 7.10. The molecule has 0 saturated heterocycles. The Morgan fingerprint density at radius 1 is 1.22 bits per heavy atom. The van der Waals surface area contributed by atoms with E-state index in [1.807, 2.05) is 22.6 Å². The highest BCUT2D eigenvalue weighted by atomic mass is 32.2. The first kappa shape index (κ1) is 18.0. The third kappa shape index (κ3) is 3.58. The van der Waals surface area contributed by atoms with Gasteiger partial charge < -0.3 is 5.32 Å². The first-order valence-corrected chi connectivity index (χ1v) is 10.4. The highest BCUT2D eigenvalue weighted by Crippen LogP contribution is 2.23.